The molecule has 0 fully saturated rings. The third kappa shape index (κ3) is 5.18. The number of hydrogen-bond donors (Lipinski definition) is 1. The summed E-state index contributed by atoms with van der Waals surface area (Å²) in [5.74, 6) is -1.12. The first-order chi connectivity index (χ1) is 13.8. The Balaban J connectivity index is 1.77. The molecule has 0 unspecified atom stereocenters. The molecular formula is C19H19BrFN3O3S2. The maximum atomic E-state index is 13.9. The Kier molecular flexibility index (Phi) is 6.97. The summed E-state index contributed by atoms with van der Waals surface area (Å²) in [5, 5.41) is 2.74. The van der Waals surface area contributed by atoms with Crippen LogP contribution < -0.4 is 10.2 Å². The van der Waals surface area contributed by atoms with E-state index in [0.717, 1.165) is 24.6 Å². The zero-order valence-corrected chi connectivity index (χ0v) is 18.8. The number of amidine groups is 1. The maximum absolute atomic E-state index is 13.9. The lowest BCUT2D eigenvalue weighted by Gasteiger charge is -2.30. The van der Waals surface area contributed by atoms with E-state index in [2.05, 4.69) is 25.6 Å². The molecule has 1 amide bonds. The Morgan fingerprint density at radius 1 is 1.28 bits per heavy atom. The van der Waals surface area contributed by atoms with Crippen molar-refractivity contribution < 1.29 is 17.6 Å². The van der Waals surface area contributed by atoms with Gasteiger partial charge >= 0.3 is 0 Å². The zero-order valence-electron chi connectivity index (χ0n) is 15.6. The maximum Gasteiger partial charge on any atom is 0.286 e. The molecule has 1 aliphatic rings. The number of sulfonamides is 1. The van der Waals surface area contributed by atoms with E-state index in [1.165, 1.54) is 18.2 Å². The number of anilines is 2. The van der Waals surface area contributed by atoms with Crippen LogP contribution in [0, 0.1) is 5.82 Å². The number of amides is 1. The molecule has 2 aromatic rings. The Bertz CT molecular complexity index is 1060. The minimum atomic E-state index is -3.84. The number of benzene rings is 2. The molecule has 0 saturated heterocycles. The average molecular weight is 500 g/mol. The molecule has 10 heteroatoms. The lowest BCUT2D eigenvalue weighted by Crippen LogP contribution is -2.35. The molecule has 1 N–H and O–H groups in total. The van der Waals surface area contributed by atoms with Crippen LogP contribution in [0.1, 0.15) is 19.8 Å². The van der Waals surface area contributed by atoms with Crippen molar-refractivity contribution >= 4 is 60.2 Å². The van der Waals surface area contributed by atoms with E-state index in [-0.39, 0.29) is 21.5 Å². The van der Waals surface area contributed by atoms with Crippen molar-refractivity contribution in [2.45, 2.75) is 24.7 Å². The number of carbonyl (C=O) groups excluding carboxylic acids is 1. The number of hydrogen-bond acceptors (Lipinski definition) is 5. The number of rotatable bonds is 6. The van der Waals surface area contributed by atoms with E-state index >= 15 is 0 Å². The van der Waals surface area contributed by atoms with Gasteiger partial charge in [0.1, 0.15) is 10.7 Å². The van der Waals surface area contributed by atoms with E-state index in [1.807, 2.05) is 11.8 Å². The molecule has 6 nitrogen and oxygen atoms in total. The standard InChI is InChI=1S/C19H19BrFN3O3S2/c1-2-3-10-24-16-6-4-5-7-17(16)29(26,27)23-19(24)28-12-18(25)22-15-9-8-13(20)11-14(15)21/h4-9,11H,2-3,10,12H2,1H3,(H,22,25). The van der Waals surface area contributed by atoms with Crippen molar-refractivity contribution in [1.82, 2.24) is 0 Å². The first-order valence-electron chi connectivity index (χ1n) is 8.91. The number of carbonyl (C=O) groups is 1. The number of thioether (sulfide) groups is 1. The second kappa shape index (κ2) is 9.27. The molecular weight excluding hydrogens is 481 g/mol. The summed E-state index contributed by atoms with van der Waals surface area (Å²) in [4.78, 5) is 14.3. The normalized spacial score (nSPS) is 14.9. The van der Waals surface area contributed by atoms with Crippen molar-refractivity contribution in [3.05, 3.63) is 52.8 Å². The van der Waals surface area contributed by atoms with Crippen molar-refractivity contribution in [1.29, 1.82) is 0 Å². The van der Waals surface area contributed by atoms with Crippen molar-refractivity contribution in [3.8, 4) is 0 Å². The number of nitrogens with zero attached hydrogens (tertiary/aromatic N) is 2. The molecule has 0 aliphatic carbocycles. The van der Waals surface area contributed by atoms with Crippen LogP contribution >= 0.6 is 27.7 Å². The molecule has 29 heavy (non-hydrogen) atoms. The highest BCUT2D eigenvalue weighted by Crippen LogP contribution is 2.34. The molecule has 1 aliphatic heterocycles. The fourth-order valence-corrected chi connectivity index (χ4v) is 5.36. The molecule has 154 valence electrons. The second-order valence-corrected chi connectivity index (χ2v) is 9.71. The Morgan fingerprint density at radius 2 is 2.03 bits per heavy atom. The summed E-state index contributed by atoms with van der Waals surface area (Å²) >= 11 is 4.17. The number of halogens is 2. The zero-order chi connectivity index (χ0) is 21.0. The molecule has 1 heterocycles. The van der Waals surface area contributed by atoms with Gasteiger partial charge in [0.15, 0.2) is 5.17 Å². The van der Waals surface area contributed by atoms with Gasteiger partial charge in [-0.05, 0) is 36.8 Å². The van der Waals surface area contributed by atoms with Crippen LogP contribution in [0.3, 0.4) is 0 Å². The van der Waals surface area contributed by atoms with Crippen LogP contribution in [0.15, 0.2) is 56.2 Å². The molecule has 0 spiro atoms. The highest BCUT2D eigenvalue weighted by molar-refractivity contribution is 9.10. The Morgan fingerprint density at radius 3 is 2.76 bits per heavy atom. The van der Waals surface area contributed by atoms with E-state index in [9.17, 15) is 17.6 Å². The monoisotopic (exact) mass is 499 g/mol. The van der Waals surface area contributed by atoms with Crippen LogP contribution in [-0.2, 0) is 14.8 Å². The first kappa shape index (κ1) is 21.8. The summed E-state index contributed by atoms with van der Waals surface area (Å²) in [7, 11) is -3.84. The lowest BCUT2D eigenvalue weighted by atomic mass is 10.2. The Labute approximate surface area is 181 Å². The quantitative estimate of drug-likeness (QED) is 0.626. The van der Waals surface area contributed by atoms with Crippen molar-refractivity contribution in [2.24, 2.45) is 4.40 Å². The number of para-hydroxylation sites is 1. The smallest absolute Gasteiger partial charge is 0.286 e. The van der Waals surface area contributed by atoms with Crippen molar-refractivity contribution in [3.63, 3.8) is 0 Å². The molecule has 0 atom stereocenters. The average Bonchev–Trinajstić information content (AvgIpc) is 2.68. The van der Waals surface area contributed by atoms with E-state index in [4.69, 9.17) is 0 Å². The lowest BCUT2D eigenvalue weighted by molar-refractivity contribution is -0.113. The summed E-state index contributed by atoms with van der Waals surface area (Å²) in [6.45, 7) is 2.62. The largest absolute Gasteiger partial charge is 0.323 e. The van der Waals surface area contributed by atoms with Crippen molar-refractivity contribution in [2.75, 3.05) is 22.5 Å². The van der Waals surface area contributed by atoms with Gasteiger partial charge in [-0.1, -0.05) is 53.2 Å². The molecule has 0 radical (unpaired) electrons. The highest BCUT2D eigenvalue weighted by atomic mass is 79.9. The van der Waals surface area contributed by atoms with Gasteiger partial charge in [0.25, 0.3) is 10.0 Å². The van der Waals surface area contributed by atoms with Gasteiger partial charge in [-0.3, -0.25) is 4.79 Å². The van der Waals surface area contributed by atoms with Gasteiger partial charge in [-0.2, -0.15) is 8.42 Å². The van der Waals surface area contributed by atoms with Crippen LogP contribution in [0.5, 0.6) is 0 Å². The molecule has 2 aromatic carbocycles. The fraction of sp³-hybridized carbons (Fsp3) is 0.263. The van der Waals surface area contributed by atoms with E-state index in [0.29, 0.717) is 16.7 Å². The minimum absolute atomic E-state index is 0.0604. The van der Waals surface area contributed by atoms with Crippen LogP contribution in [0.4, 0.5) is 15.8 Å². The highest BCUT2D eigenvalue weighted by Gasteiger charge is 2.30. The van der Waals surface area contributed by atoms with Gasteiger partial charge in [-0.25, -0.2) is 4.39 Å². The third-order valence-electron chi connectivity index (χ3n) is 4.14. The van der Waals surface area contributed by atoms with Gasteiger partial charge in [-0.15, -0.1) is 4.40 Å². The van der Waals surface area contributed by atoms with Gasteiger partial charge in [0.05, 0.1) is 17.1 Å². The number of nitrogens with one attached hydrogen (secondary N) is 1. The third-order valence-corrected chi connectivity index (χ3v) is 7.04. The van der Waals surface area contributed by atoms with Crippen LogP contribution in [-0.4, -0.2) is 31.8 Å². The molecule has 0 saturated carbocycles. The van der Waals surface area contributed by atoms with E-state index < -0.39 is 21.7 Å². The second-order valence-electron chi connectivity index (χ2n) is 6.28. The minimum Gasteiger partial charge on any atom is -0.323 e. The summed E-state index contributed by atoms with van der Waals surface area (Å²) in [5.41, 5.74) is 0.614. The van der Waals surface area contributed by atoms with Crippen LogP contribution in [0.2, 0.25) is 0 Å². The number of unbranched alkanes of at least 4 members (excludes halogenated alkanes) is 1. The first-order valence-corrected chi connectivity index (χ1v) is 12.1. The molecule has 0 bridgehead atoms. The van der Waals surface area contributed by atoms with E-state index in [1.54, 1.807) is 24.3 Å². The fourth-order valence-electron chi connectivity index (χ4n) is 2.75. The van der Waals surface area contributed by atoms with Gasteiger partial charge < -0.3 is 10.2 Å². The van der Waals surface area contributed by atoms with Crippen LogP contribution in [0.25, 0.3) is 0 Å². The SMILES string of the molecule is CCCCN1C(SCC(=O)Nc2ccc(Br)cc2F)=NS(=O)(=O)c2ccccc21. The number of fused-ring (bicyclic) bond motifs is 1. The summed E-state index contributed by atoms with van der Waals surface area (Å²) in [6.07, 6.45) is 1.76. The molecule has 0 aromatic heterocycles. The summed E-state index contributed by atoms with van der Waals surface area (Å²) < 4.78 is 43.5. The van der Waals surface area contributed by atoms with Gasteiger partial charge in [0, 0.05) is 11.0 Å². The predicted octanol–water partition coefficient (Wildman–Crippen LogP) is 4.62. The topological polar surface area (TPSA) is 78.8 Å². The predicted molar refractivity (Wildman–Crippen MR) is 119 cm³/mol. The Hall–Kier alpha value is -1.91. The summed E-state index contributed by atoms with van der Waals surface area (Å²) in [6, 6.07) is 11.0. The van der Waals surface area contributed by atoms with Gasteiger partial charge in [0.2, 0.25) is 5.91 Å². The molecule has 3 rings (SSSR count).